The second kappa shape index (κ2) is 11.9. The summed E-state index contributed by atoms with van der Waals surface area (Å²) in [7, 11) is 4.04. The van der Waals surface area contributed by atoms with Crippen LogP contribution in [0.4, 0.5) is 16.3 Å². The zero-order valence-corrected chi connectivity index (χ0v) is 19.5. The molecule has 31 heavy (non-hydrogen) atoms. The van der Waals surface area contributed by atoms with Crippen LogP contribution in [0.2, 0.25) is 0 Å². The van der Waals surface area contributed by atoms with Gasteiger partial charge in [-0.2, -0.15) is 0 Å². The van der Waals surface area contributed by atoms with E-state index in [1.165, 1.54) is 11.8 Å². The van der Waals surface area contributed by atoms with E-state index < -0.39 is 0 Å². The van der Waals surface area contributed by atoms with Crippen LogP contribution in [0, 0.1) is 0 Å². The predicted octanol–water partition coefficient (Wildman–Crippen LogP) is 2.00. The number of morpholine rings is 1. The summed E-state index contributed by atoms with van der Waals surface area (Å²) in [6.45, 7) is 4.71. The number of carbonyl (C=O) groups excluding carboxylic acids is 1. The van der Waals surface area contributed by atoms with Crippen molar-refractivity contribution in [2.75, 3.05) is 70.0 Å². The molecule has 0 bridgehead atoms. The predicted molar refractivity (Wildman–Crippen MR) is 129 cm³/mol. The quantitative estimate of drug-likeness (QED) is 0.349. The number of carbonyl (C=O) groups is 1. The van der Waals surface area contributed by atoms with Crippen LogP contribution < -0.4 is 15.5 Å². The molecule has 0 radical (unpaired) electrons. The van der Waals surface area contributed by atoms with Gasteiger partial charge in [0.1, 0.15) is 11.6 Å². The van der Waals surface area contributed by atoms with E-state index in [0.29, 0.717) is 12.4 Å². The van der Waals surface area contributed by atoms with Gasteiger partial charge in [0.05, 0.1) is 25.2 Å². The SMILES string of the molecule is C[SH+]Cc1cc(N2CCOCC2)nc(-c2ccc(NC(=O)NCCCN(C)C)cc2)n1. The lowest BCUT2D eigenvalue weighted by Gasteiger charge is -2.28. The lowest BCUT2D eigenvalue weighted by Crippen LogP contribution is -2.37. The molecule has 0 saturated carbocycles. The Morgan fingerprint density at radius 2 is 1.94 bits per heavy atom. The van der Waals surface area contributed by atoms with Crippen LogP contribution in [0.5, 0.6) is 0 Å². The third-order valence-corrected chi connectivity index (χ3v) is 5.53. The van der Waals surface area contributed by atoms with Gasteiger partial charge in [0.2, 0.25) is 0 Å². The van der Waals surface area contributed by atoms with E-state index in [1.807, 2.05) is 38.4 Å². The molecule has 1 fully saturated rings. The van der Waals surface area contributed by atoms with Crippen molar-refractivity contribution in [1.82, 2.24) is 20.2 Å². The first-order chi connectivity index (χ1) is 15.0. The fourth-order valence-corrected chi connectivity index (χ4v) is 3.77. The number of urea groups is 1. The van der Waals surface area contributed by atoms with Crippen molar-refractivity contribution < 1.29 is 9.53 Å². The maximum atomic E-state index is 12.1. The van der Waals surface area contributed by atoms with Crippen molar-refractivity contribution in [3.63, 3.8) is 0 Å². The lowest BCUT2D eigenvalue weighted by molar-refractivity contribution is 0.122. The minimum Gasteiger partial charge on any atom is -0.378 e. The average Bonchev–Trinajstić information content (AvgIpc) is 2.78. The fourth-order valence-electron chi connectivity index (χ4n) is 3.28. The van der Waals surface area contributed by atoms with Gasteiger partial charge in [-0.25, -0.2) is 14.8 Å². The van der Waals surface area contributed by atoms with Crippen molar-refractivity contribution in [2.24, 2.45) is 0 Å². The molecular weight excluding hydrogens is 412 g/mol. The molecule has 2 heterocycles. The number of aromatic nitrogens is 2. The molecule has 1 aliphatic rings. The molecule has 1 saturated heterocycles. The second-order valence-corrected chi connectivity index (χ2v) is 8.68. The Balaban J connectivity index is 1.66. The number of amides is 2. The zero-order chi connectivity index (χ0) is 22.1. The molecule has 1 aromatic carbocycles. The highest BCUT2D eigenvalue weighted by Crippen LogP contribution is 2.23. The number of hydrogen-bond acceptors (Lipinski definition) is 6. The number of nitrogens with one attached hydrogen (secondary N) is 2. The minimum atomic E-state index is -0.193. The standard InChI is InChI=1S/C22H32N6O2S/c1-27(2)10-4-9-23-22(29)25-18-7-5-17(6-8-18)21-24-19(16-31-3)15-20(26-21)28-11-13-30-14-12-28/h5-8,15H,4,9-14,16H2,1-3H3,(H2,23,25,29)/p+1. The molecule has 2 aromatic rings. The molecule has 168 valence electrons. The molecule has 2 N–H and O–H groups in total. The van der Waals surface area contributed by atoms with Crippen molar-refractivity contribution in [2.45, 2.75) is 12.2 Å². The van der Waals surface area contributed by atoms with Crippen molar-refractivity contribution in [1.29, 1.82) is 0 Å². The highest BCUT2D eigenvalue weighted by molar-refractivity contribution is 7.76. The van der Waals surface area contributed by atoms with Crippen molar-refractivity contribution in [3.05, 3.63) is 36.0 Å². The topological polar surface area (TPSA) is 82.6 Å². The summed E-state index contributed by atoms with van der Waals surface area (Å²) >= 11 is 1.27. The van der Waals surface area contributed by atoms with E-state index in [9.17, 15) is 4.79 Å². The van der Waals surface area contributed by atoms with E-state index in [2.05, 4.69) is 32.8 Å². The number of ether oxygens (including phenoxy) is 1. The first-order valence-corrected chi connectivity index (χ1v) is 12.1. The Labute approximate surface area is 188 Å². The maximum absolute atomic E-state index is 12.1. The fraction of sp³-hybridized carbons (Fsp3) is 0.500. The van der Waals surface area contributed by atoms with Gasteiger partial charge in [0, 0.05) is 37.0 Å². The molecular formula is C22H33N6O2S+. The number of thiol groups is 1. The summed E-state index contributed by atoms with van der Waals surface area (Å²) in [5, 5.41) is 5.76. The van der Waals surface area contributed by atoms with Crippen molar-refractivity contribution in [3.8, 4) is 11.4 Å². The van der Waals surface area contributed by atoms with Crippen LogP contribution in [-0.4, -0.2) is 80.6 Å². The monoisotopic (exact) mass is 445 g/mol. The third-order valence-electron chi connectivity index (χ3n) is 4.89. The Morgan fingerprint density at radius 3 is 2.61 bits per heavy atom. The largest absolute Gasteiger partial charge is 0.378 e. The summed E-state index contributed by atoms with van der Waals surface area (Å²) < 4.78 is 5.47. The Kier molecular flexibility index (Phi) is 8.93. The zero-order valence-electron chi connectivity index (χ0n) is 18.6. The van der Waals surface area contributed by atoms with E-state index in [0.717, 1.165) is 67.8 Å². The number of benzene rings is 1. The van der Waals surface area contributed by atoms with Crippen LogP contribution in [0.1, 0.15) is 12.1 Å². The van der Waals surface area contributed by atoms with Gasteiger partial charge in [-0.3, -0.25) is 0 Å². The van der Waals surface area contributed by atoms with Crippen LogP contribution in [-0.2, 0) is 22.3 Å². The molecule has 0 aliphatic carbocycles. The summed E-state index contributed by atoms with van der Waals surface area (Å²) in [5.41, 5.74) is 2.71. The lowest BCUT2D eigenvalue weighted by atomic mass is 10.2. The smallest absolute Gasteiger partial charge is 0.319 e. The van der Waals surface area contributed by atoms with Crippen LogP contribution >= 0.6 is 0 Å². The van der Waals surface area contributed by atoms with Gasteiger partial charge < -0.3 is 25.2 Å². The molecule has 8 nitrogen and oxygen atoms in total. The molecule has 1 aliphatic heterocycles. The Morgan fingerprint density at radius 1 is 1.19 bits per heavy atom. The van der Waals surface area contributed by atoms with Gasteiger partial charge in [-0.05, 0) is 63.1 Å². The highest BCUT2D eigenvalue weighted by atomic mass is 32.2. The first-order valence-electron chi connectivity index (χ1n) is 10.6. The molecule has 3 rings (SSSR count). The van der Waals surface area contributed by atoms with Gasteiger partial charge >= 0.3 is 6.03 Å². The van der Waals surface area contributed by atoms with Gasteiger partial charge in [0.15, 0.2) is 5.82 Å². The second-order valence-electron chi connectivity index (χ2n) is 7.73. The minimum absolute atomic E-state index is 0.193. The molecule has 2 amide bonds. The van der Waals surface area contributed by atoms with Crippen molar-refractivity contribution >= 4 is 29.3 Å². The molecule has 0 atom stereocenters. The van der Waals surface area contributed by atoms with Crippen LogP contribution in [0.25, 0.3) is 11.4 Å². The molecule has 9 heteroatoms. The van der Waals surface area contributed by atoms with Crippen LogP contribution in [0.15, 0.2) is 30.3 Å². The number of hydrogen-bond donors (Lipinski definition) is 2. The Bertz CT molecular complexity index is 840. The first kappa shape index (κ1) is 23.3. The summed E-state index contributed by atoms with van der Waals surface area (Å²) in [6, 6.07) is 9.57. The maximum Gasteiger partial charge on any atom is 0.319 e. The number of anilines is 2. The van der Waals surface area contributed by atoms with Gasteiger partial charge in [-0.1, -0.05) is 0 Å². The molecule has 1 aromatic heterocycles. The normalized spacial score (nSPS) is 14.0. The van der Waals surface area contributed by atoms with E-state index in [4.69, 9.17) is 14.7 Å². The van der Waals surface area contributed by atoms with E-state index in [1.54, 1.807) is 0 Å². The summed E-state index contributed by atoms with van der Waals surface area (Å²) in [6.07, 6.45) is 3.04. The average molecular weight is 446 g/mol. The van der Waals surface area contributed by atoms with Crippen LogP contribution in [0.3, 0.4) is 0 Å². The molecule has 0 spiro atoms. The van der Waals surface area contributed by atoms with E-state index in [-0.39, 0.29) is 6.03 Å². The number of nitrogens with zero attached hydrogens (tertiary/aromatic N) is 4. The summed E-state index contributed by atoms with van der Waals surface area (Å²) in [5.74, 6) is 2.55. The summed E-state index contributed by atoms with van der Waals surface area (Å²) in [4.78, 5) is 26.0. The van der Waals surface area contributed by atoms with Gasteiger partial charge in [-0.15, -0.1) is 0 Å². The third kappa shape index (κ3) is 7.37. The highest BCUT2D eigenvalue weighted by Gasteiger charge is 2.16. The Hall–Kier alpha value is -2.36. The van der Waals surface area contributed by atoms with E-state index >= 15 is 0 Å². The van der Waals surface area contributed by atoms with Gasteiger partial charge in [0.25, 0.3) is 0 Å². The number of rotatable bonds is 9. The molecule has 0 unspecified atom stereocenters.